The van der Waals surface area contributed by atoms with Gasteiger partial charge in [-0.05, 0) is 31.9 Å². The minimum absolute atomic E-state index is 0.159. The Labute approximate surface area is 148 Å². The Hall–Kier alpha value is -2.62. The van der Waals surface area contributed by atoms with Crippen LogP contribution < -0.4 is 0 Å². The highest BCUT2D eigenvalue weighted by Crippen LogP contribution is 2.28. The lowest BCUT2D eigenvalue weighted by atomic mass is 9.97. The van der Waals surface area contributed by atoms with Crippen molar-refractivity contribution in [2.45, 2.75) is 26.4 Å². The van der Waals surface area contributed by atoms with Crippen LogP contribution in [0.15, 0.2) is 66.5 Å². The normalized spacial score (nSPS) is 10.9. The van der Waals surface area contributed by atoms with Crippen LogP contribution in [0.5, 0.6) is 0 Å². The number of amides is 1. The van der Waals surface area contributed by atoms with Crippen molar-refractivity contribution in [3.05, 3.63) is 77.6 Å². The van der Waals surface area contributed by atoms with Gasteiger partial charge in [-0.25, -0.2) is 9.18 Å². The summed E-state index contributed by atoms with van der Waals surface area (Å²) in [5.41, 5.74) is 1.40. The molecule has 4 heteroatoms. The number of carbonyl (C=O) groups is 1. The average molecular weight is 341 g/mol. The second-order valence-corrected chi connectivity index (χ2v) is 6.85. The van der Waals surface area contributed by atoms with Crippen molar-refractivity contribution >= 4 is 11.7 Å². The monoisotopic (exact) mass is 341 g/mol. The van der Waals surface area contributed by atoms with Crippen LogP contribution in [0.25, 0.3) is 5.57 Å². The van der Waals surface area contributed by atoms with Crippen molar-refractivity contribution in [2.24, 2.45) is 0 Å². The van der Waals surface area contributed by atoms with E-state index in [2.05, 4.69) is 0 Å². The smallest absolute Gasteiger partial charge is 0.410 e. The third-order valence-corrected chi connectivity index (χ3v) is 3.48. The first-order valence-electron chi connectivity index (χ1n) is 8.21. The lowest BCUT2D eigenvalue weighted by Crippen LogP contribution is -2.35. The van der Waals surface area contributed by atoms with Gasteiger partial charge in [0, 0.05) is 12.6 Å². The summed E-state index contributed by atoms with van der Waals surface area (Å²) in [5, 5.41) is 0. The van der Waals surface area contributed by atoms with E-state index < -0.39 is 11.7 Å². The summed E-state index contributed by atoms with van der Waals surface area (Å²) in [6.45, 7) is 5.19. The Morgan fingerprint density at radius 2 is 1.40 bits per heavy atom. The van der Waals surface area contributed by atoms with Gasteiger partial charge in [0.05, 0.1) is 6.54 Å². The molecule has 2 aromatic carbocycles. The van der Waals surface area contributed by atoms with Gasteiger partial charge < -0.3 is 9.64 Å². The molecule has 0 aromatic heterocycles. The molecule has 0 aliphatic heterocycles. The van der Waals surface area contributed by atoms with E-state index >= 15 is 4.39 Å². The molecular weight excluding hydrogens is 317 g/mol. The van der Waals surface area contributed by atoms with Gasteiger partial charge in [-0.3, -0.25) is 0 Å². The topological polar surface area (TPSA) is 29.5 Å². The fourth-order valence-electron chi connectivity index (χ4n) is 2.38. The molecule has 0 saturated heterocycles. The Balaban J connectivity index is 2.34. The molecule has 25 heavy (non-hydrogen) atoms. The SMILES string of the molecule is CN(CC(F)=C(c1ccccc1)c1ccccc1)C(=O)OC(C)(C)C. The second-order valence-electron chi connectivity index (χ2n) is 6.85. The molecule has 0 saturated carbocycles. The van der Waals surface area contributed by atoms with E-state index in [1.165, 1.54) is 11.9 Å². The molecular formula is C21H24FNO2. The highest BCUT2D eigenvalue weighted by Gasteiger charge is 2.22. The van der Waals surface area contributed by atoms with Gasteiger partial charge in [-0.15, -0.1) is 0 Å². The molecule has 0 fully saturated rings. The van der Waals surface area contributed by atoms with Gasteiger partial charge in [-0.1, -0.05) is 60.7 Å². The lowest BCUT2D eigenvalue weighted by Gasteiger charge is -2.24. The number of rotatable bonds is 4. The molecule has 0 heterocycles. The maximum Gasteiger partial charge on any atom is 0.410 e. The van der Waals surface area contributed by atoms with Crippen molar-refractivity contribution in [3.63, 3.8) is 0 Å². The standard InChI is InChI=1S/C21H24FNO2/c1-21(2,3)25-20(24)23(4)15-18(22)19(16-11-7-5-8-12-16)17-13-9-6-10-14-17/h5-14H,15H2,1-4H3. The van der Waals surface area contributed by atoms with Crippen LogP contribution in [-0.4, -0.2) is 30.2 Å². The molecule has 0 bridgehead atoms. The predicted molar refractivity (Wildman–Crippen MR) is 98.9 cm³/mol. The van der Waals surface area contributed by atoms with Gasteiger partial charge in [0.25, 0.3) is 0 Å². The van der Waals surface area contributed by atoms with E-state index in [-0.39, 0.29) is 12.4 Å². The first-order valence-corrected chi connectivity index (χ1v) is 8.21. The van der Waals surface area contributed by atoms with Crippen molar-refractivity contribution in [1.29, 1.82) is 0 Å². The van der Waals surface area contributed by atoms with E-state index in [1.54, 1.807) is 20.8 Å². The van der Waals surface area contributed by atoms with Crippen LogP contribution in [-0.2, 0) is 4.74 Å². The highest BCUT2D eigenvalue weighted by molar-refractivity contribution is 5.81. The molecule has 0 aliphatic rings. The van der Waals surface area contributed by atoms with Gasteiger partial charge in [0.1, 0.15) is 11.4 Å². The summed E-state index contributed by atoms with van der Waals surface area (Å²) in [6.07, 6.45) is -0.553. The Kier molecular flexibility index (Phi) is 5.97. The molecule has 2 rings (SSSR count). The van der Waals surface area contributed by atoms with Crippen molar-refractivity contribution in [3.8, 4) is 0 Å². The number of ether oxygens (including phenoxy) is 1. The van der Waals surface area contributed by atoms with Crippen LogP contribution in [0, 0.1) is 0 Å². The molecule has 0 radical (unpaired) electrons. The van der Waals surface area contributed by atoms with Crippen molar-refractivity contribution in [2.75, 3.05) is 13.6 Å². The number of nitrogens with zero attached hydrogens (tertiary/aromatic N) is 1. The molecule has 0 atom stereocenters. The van der Waals surface area contributed by atoms with Crippen LogP contribution >= 0.6 is 0 Å². The van der Waals surface area contributed by atoms with E-state index in [1.807, 2.05) is 60.7 Å². The van der Waals surface area contributed by atoms with E-state index in [9.17, 15) is 4.79 Å². The molecule has 0 spiro atoms. The maximum absolute atomic E-state index is 15.1. The fraction of sp³-hybridized carbons (Fsp3) is 0.286. The van der Waals surface area contributed by atoms with Crippen molar-refractivity contribution in [1.82, 2.24) is 4.90 Å². The van der Waals surface area contributed by atoms with Crippen LogP contribution in [0.3, 0.4) is 0 Å². The number of hydrogen-bond donors (Lipinski definition) is 0. The number of halogens is 1. The van der Waals surface area contributed by atoms with Gasteiger partial charge in [-0.2, -0.15) is 0 Å². The fourth-order valence-corrected chi connectivity index (χ4v) is 2.38. The Morgan fingerprint density at radius 1 is 0.960 bits per heavy atom. The quantitative estimate of drug-likeness (QED) is 0.757. The number of hydrogen-bond acceptors (Lipinski definition) is 2. The summed E-state index contributed by atoms with van der Waals surface area (Å²) in [7, 11) is 1.53. The minimum Gasteiger partial charge on any atom is -0.444 e. The van der Waals surface area contributed by atoms with Crippen molar-refractivity contribution < 1.29 is 13.9 Å². The summed E-state index contributed by atoms with van der Waals surface area (Å²) in [6, 6.07) is 18.7. The number of likely N-dealkylation sites (N-methyl/N-ethyl adjacent to an activating group) is 1. The molecule has 0 aliphatic carbocycles. The van der Waals surface area contributed by atoms with E-state index in [4.69, 9.17) is 4.74 Å². The molecule has 0 N–H and O–H groups in total. The molecule has 132 valence electrons. The predicted octanol–water partition coefficient (Wildman–Crippen LogP) is 5.28. The summed E-state index contributed by atoms with van der Waals surface area (Å²) in [5.74, 6) is -0.384. The van der Waals surface area contributed by atoms with Crippen LogP contribution in [0.2, 0.25) is 0 Å². The van der Waals surface area contributed by atoms with E-state index in [0.29, 0.717) is 5.57 Å². The molecule has 0 unspecified atom stereocenters. The number of carbonyl (C=O) groups excluding carboxylic acids is 1. The molecule has 1 amide bonds. The lowest BCUT2D eigenvalue weighted by molar-refractivity contribution is 0.0306. The molecule has 2 aromatic rings. The largest absolute Gasteiger partial charge is 0.444 e. The first-order chi connectivity index (χ1) is 11.8. The summed E-state index contributed by atoms with van der Waals surface area (Å²) < 4.78 is 20.4. The summed E-state index contributed by atoms with van der Waals surface area (Å²) in [4.78, 5) is 13.3. The molecule has 3 nitrogen and oxygen atoms in total. The third kappa shape index (κ3) is 5.45. The second kappa shape index (κ2) is 7.97. The zero-order valence-corrected chi connectivity index (χ0v) is 15.1. The van der Waals surface area contributed by atoms with Crippen LogP contribution in [0.1, 0.15) is 31.9 Å². The first kappa shape index (κ1) is 18.7. The number of benzene rings is 2. The van der Waals surface area contributed by atoms with Gasteiger partial charge in [0.2, 0.25) is 0 Å². The van der Waals surface area contributed by atoms with Gasteiger partial charge in [0.15, 0.2) is 0 Å². The minimum atomic E-state index is -0.618. The third-order valence-electron chi connectivity index (χ3n) is 3.48. The Morgan fingerprint density at radius 3 is 1.80 bits per heavy atom. The zero-order valence-electron chi connectivity index (χ0n) is 15.1. The maximum atomic E-state index is 15.1. The van der Waals surface area contributed by atoms with Gasteiger partial charge >= 0.3 is 6.09 Å². The van der Waals surface area contributed by atoms with E-state index in [0.717, 1.165) is 11.1 Å². The average Bonchev–Trinajstić information content (AvgIpc) is 2.55. The Bertz CT molecular complexity index is 692. The highest BCUT2D eigenvalue weighted by atomic mass is 19.1. The summed E-state index contributed by atoms with van der Waals surface area (Å²) >= 11 is 0. The van der Waals surface area contributed by atoms with Crippen LogP contribution in [0.4, 0.5) is 9.18 Å². The zero-order chi connectivity index (χ0) is 18.4.